The molecule has 2 aromatic rings. The summed E-state index contributed by atoms with van der Waals surface area (Å²) in [5.74, 6) is 0.980. The summed E-state index contributed by atoms with van der Waals surface area (Å²) in [5, 5.41) is 5.13. The highest BCUT2D eigenvalue weighted by atomic mass is 35.5. The molecule has 0 amide bonds. The average molecular weight is 249 g/mol. The summed E-state index contributed by atoms with van der Waals surface area (Å²) in [5.41, 5.74) is 3.36. The first-order valence-electron chi connectivity index (χ1n) is 6.00. The Morgan fingerprint density at radius 2 is 2.06 bits per heavy atom. The first kappa shape index (κ1) is 12.2. The highest BCUT2D eigenvalue weighted by Gasteiger charge is 2.09. The molecule has 1 aromatic carbocycles. The van der Waals surface area contributed by atoms with E-state index in [4.69, 9.17) is 16.6 Å². The fourth-order valence-electron chi connectivity index (χ4n) is 1.99. The molecular weight excluding hydrogens is 232 g/mol. The average Bonchev–Trinajstić information content (AvgIpc) is 2.34. The topological polar surface area (TPSA) is 24.9 Å². The molecule has 0 aliphatic rings. The number of aryl methyl sites for hydroxylation is 2. The Hall–Kier alpha value is -1.28. The van der Waals surface area contributed by atoms with Crippen LogP contribution in [0.4, 0.5) is 5.82 Å². The van der Waals surface area contributed by atoms with Gasteiger partial charge < -0.3 is 5.32 Å². The Balaban J connectivity index is 2.73. The third-order valence-corrected chi connectivity index (χ3v) is 3.27. The van der Waals surface area contributed by atoms with Gasteiger partial charge in [-0.1, -0.05) is 24.6 Å². The lowest BCUT2D eigenvalue weighted by atomic mass is 10.1. The van der Waals surface area contributed by atoms with Crippen LogP contribution in [0.15, 0.2) is 18.2 Å². The van der Waals surface area contributed by atoms with Crippen molar-refractivity contribution in [3.63, 3.8) is 0 Å². The van der Waals surface area contributed by atoms with Crippen LogP contribution < -0.4 is 5.32 Å². The molecule has 2 nitrogen and oxygen atoms in total. The second-order valence-electron chi connectivity index (χ2n) is 4.14. The maximum Gasteiger partial charge on any atom is 0.129 e. The van der Waals surface area contributed by atoms with E-state index < -0.39 is 0 Å². The van der Waals surface area contributed by atoms with Crippen molar-refractivity contribution in [2.75, 3.05) is 11.9 Å². The third kappa shape index (κ3) is 2.22. The van der Waals surface area contributed by atoms with Gasteiger partial charge in [-0.2, -0.15) is 0 Å². The number of hydrogen-bond donors (Lipinski definition) is 1. The molecule has 1 aromatic heterocycles. The molecule has 0 spiro atoms. The first-order valence-corrected chi connectivity index (χ1v) is 6.37. The zero-order valence-corrected chi connectivity index (χ0v) is 11.2. The van der Waals surface area contributed by atoms with Gasteiger partial charge in [0, 0.05) is 17.0 Å². The van der Waals surface area contributed by atoms with E-state index in [2.05, 4.69) is 32.2 Å². The fourth-order valence-corrected chi connectivity index (χ4v) is 2.20. The maximum absolute atomic E-state index is 6.23. The van der Waals surface area contributed by atoms with Crippen LogP contribution >= 0.6 is 11.6 Å². The molecule has 0 bridgehead atoms. The van der Waals surface area contributed by atoms with Crippen LogP contribution in [0.2, 0.25) is 5.02 Å². The van der Waals surface area contributed by atoms with Gasteiger partial charge >= 0.3 is 0 Å². The van der Waals surface area contributed by atoms with Gasteiger partial charge in [0.05, 0.1) is 5.52 Å². The number of nitrogens with zero attached hydrogens (tertiary/aromatic N) is 1. The molecule has 0 saturated heterocycles. The molecule has 3 heteroatoms. The first-order chi connectivity index (χ1) is 8.17. The molecule has 0 aliphatic heterocycles. The monoisotopic (exact) mass is 248 g/mol. The predicted octanol–water partition coefficient (Wildman–Crippen LogP) is 4.19. The van der Waals surface area contributed by atoms with E-state index >= 15 is 0 Å². The van der Waals surface area contributed by atoms with Crippen molar-refractivity contribution >= 4 is 28.3 Å². The molecule has 17 heavy (non-hydrogen) atoms. The molecular formula is C14H17ClN2. The van der Waals surface area contributed by atoms with Crippen LogP contribution in [0.25, 0.3) is 10.9 Å². The largest absolute Gasteiger partial charge is 0.370 e. The summed E-state index contributed by atoms with van der Waals surface area (Å²) in [7, 11) is 0. The summed E-state index contributed by atoms with van der Waals surface area (Å²) in [6, 6.07) is 6.10. The lowest BCUT2D eigenvalue weighted by Gasteiger charge is -2.12. The summed E-state index contributed by atoms with van der Waals surface area (Å²) in [6.45, 7) is 7.15. The molecule has 90 valence electrons. The maximum atomic E-state index is 6.23. The summed E-state index contributed by atoms with van der Waals surface area (Å²) < 4.78 is 0. The number of benzene rings is 1. The van der Waals surface area contributed by atoms with E-state index in [0.29, 0.717) is 0 Å². The van der Waals surface area contributed by atoms with Crippen molar-refractivity contribution in [2.24, 2.45) is 0 Å². The zero-order valence-electron chi connectivity index (χ0n) is 10.5. The third-order valence-electron chi connectivity index (χ3n) is 2.94. The van der Waals surface area contributed by atoms with Crippen LogP contribution in [0, 0.1) is 6.92 Å². The fraction of sp³-hybridized carbons (Fsp3) is 0.357. The van der Waals surface area contributed by atoms with Crippen molar-refractivity contribution in [3.05, 3.63) is 34.3 Å². The molecule has 1 N–H and O–H groups in total. The lowest BCUT2D eigenvalue weighted by molar-refractivity contribution is 1.08. The number of aromatic nitrogens is 1. The molecule has 1 heterocycles. The summed E-state index contributed by atoms with van der Waals surface area (Å²) in [6.07, 6.45) is 0.954. The van der Waals surface area contributed by atoms with Gasteiger partial charge in [0.2, 0.25) is 0 Å². The van der Waals surface area contributed by atoms with E-state index in [1.165, 1.54) is 5.56 Å². The number of fused-ring (bicyclic) bond motifs is 1. The Bertz CT molecular complexity index is 549. The minimum Gasteiger partial charge on any atom is -0.370 e. The van der Waals surface area contributed by atoms with Gasteiger partial charge in [0.1, 0.15) is 5.82 Å². The summed E-state index contributed by atoms with van der Waals surface area (Å²) >= 11 is 6.23. The van der Waals surface area contributed by atoms with Crippen LogP contribution in [-0.4, -0.2) is 11.5 Å². The van der Waals surface area contributed by atoms with Gasteiger partial charge in [0.15, 0.2) is 0 Å². The van der Waals surface area contributed by atoms with Gasteiger partial charge in [0.25, 0.3) is 0 Å². The second kappa shape index (κ2) is 4.92. The van der Waals surface area contributed by atoms with E-state index in [1.54, 1.807) is 0 Å². The predicted molar refractivity (Wildman–Crippen MR) is 75.0 cm³/mol. The van der Waals surface area contributed by atoms with E-state index in [-0.39, 0.29) is 0 Å². The summed E-state index contributed by atoms with van der Waals surface area (Å²) in [4.78, 5) is 4.70. The number of halogens is 1. The Morgan fingerprint density at radius 3 is 2.71 bits per heavy atom. The van der Waals surface area contributed by atoms with Crippen molar-refractivity contribution in [1.82, 2.24) is 4.98 Å². The number of nitrogens with one attached hydrogen (secondary N) is 1. The van der Waals surface area contributed by atoms with Gasteiger partial charge in [-0.15, -0.1) is 0 Å². The molecule has 0 unspecified atom stereocenters. The van der Waals surface area contributed by atoms with Crippen molar-refractivity contribution in [2.45, 2.75) is 27.2 Å². The van der Waals surface area contributed by atoms with E-state index in [0.717, 1.165) is 40.3 Å². The van der Waals surface area contributed by atoms with Gasteiger partial charge in [-0.25, -0.2) is 4.98 Å². The van der Waals surface area contributed by atoms with Gasteiger partial charge in [-0.3, -0.25) is 0 Å². The molecule has 0 fully saturated rings. The Morgan fingerprint density at radius 1 is 1.29 bits per heavy atom. The molecule has 0 saturated carbocycles. The number of hydrogen-bond acceptors (Lipinski definition) is 2. The highest BCUT2D eigenvalue weighted by molar-refractivity contribution is 6.35. The number of pyridine rings is 1. The normalized spacial score (nSPS) is 10.8. The van der Waals surface area contributed by atoms with Crippen molar-refractivity contribution in [1.29, 1.82) is 0 Å². The SMILES string of the molecule is CCNc1nc2c(C)ccc(Cl)c2cc1CC. The highest BCUT2D eigenvalue weighted by Crippen LogP contribution is 2.29. The van der Waals surface area contributed by atoms with E-state index in [1.807, 2.05) is 12.1 Å². The zero-order chi connectivity index (χ0) is 12.4. The van der Waals surface area contributed by atoms with Crippen LogP contribution in [0.3, 0.4) is 0 Å². The standard InChI is InChI=1S/C14H17ClN2/c1-4-10-8-11-12(15)7-6-9(3)13(11)17-14(10)16-5-2/h6-8H,4-5H2,1-3H3,(H,16,17). The van der Waals surface area contributed by atoms with Crippen LogP contribution in [0.5, 0.6) is 0 Å². The Kier molecular flexibility index (Phi) is 3.53. The van der Waals surface area contributed by atoms with Crippen molar-refractivity contribution < 1.29 is 0 Å². The van der Waals surface area contributed by atoms with Crippen molar-refractivity contribution in [3.8, 4) is 0 Å². The smallest absolute Gasteiger partial charge is 0.129 e. The number of rotatable bonds is 3. The molecule has 2 rings (SSSR count). The van der Waals surface area contributed by atoms with Crippen LogP contribution in [0.1, 0.15) is 25.0 Å². The molecule has 0 radical (unpaired) electrons. The lowest BCUT2D eigenvalue weighted by Crippen LogP contribution is -2.04. The second-order valence-corrected chi connectivity index (χ2v) is 4.55. The Labute approximate surface area is 107 Å². The number of anilines is 1. The quantitative estimate of drug-likeness (QED) is 0.881. The molecule has 0 atom stereocenters. The minimum atomic E-state index is 0.774. The van der Waals surface area contributed by atoms with Gasteiger partial charge in [-0.05, 0) is 43.5 Å². The minimum absolute atomic E-state index is 0.774. The van der Waals surface area contributed by atoms with Crippen LogP contribution in [-0.2, 0) is 6.42 Å². The molecule has 0 aliphatic carbocycles. The van der Waals surface area contributed by atoms with E-state index in [9.17, 15) is 0 Å².